The van der Waals surface area contributed by atoms with Crippen molar-refractivity contribution in [1.82, 2.24) is 14.8 Å². The molecule has 0 bridgehead atoms. The van der Waals surface area contributed by atoms with E-state index in [1.165, 1.54) is 22.2 Å². The number of carboxylic acids is 1. The van der Waals surface area contributed by atoms with Gasteiger partial charge in [-0.15, -0.1) is 0 Å². The monoisotopic (exact) mass is 274 g/mol. The van der Waals surface area contributed by atoms with E-state index >= 15 is 0 Å². The third kappa shape index (κ3) is 3.64. The van der Waals surface area contributed by atoms with Crippen molar-refractivity contribution in [3.63, 3.8) is 0 Å². The SMILES string of the molecule is O=C(O)CN(C(=O)CCn1cncn1)c1ccccc1. The van der Waals surface area contributed by atoms with Gasteiger partial charge in [-0.2, -0.15) is 5.10 Å². The Kier molecular flexibility index (Phi) is 4.43. The number of aromatic nitrogens is 3. The van der Waals surface area contributed by atoms with Crippen LogP contribution in [-0.4, -0.2) is 38.3 Å². The van der Waals surface area contributed by atoms with E-state index in [-0.39, 0.29) is 18.9 Å². The zero-order valence-corrected chi connectivity index (χ0v) is 10.7. The van der Waals surface area contributed by atoms with E-state index in [2.05, 4.69) is 10.1 Å². The summed E-state index contributed by atoms with van der Waals surface area (Å²) in [6, 6.07) is 8.73. The number of rotatable bonds is 6. The van der Waals surface area contributed by atoms with Crippen LogP contribution in [0, 0.1) is 0 Å². The zero-order valence-electron chi connectivity index (χ0n) is 10.7. The van der Waals surface area contributed by atoms with Crippen LogP contribution in [0.2, 0.25) is 0 Å². The molecule has 0 saturated carbocycles. The van der Waals surface area contributed by atoms with Crippen LogP contribution in [0.15, 0.2) is 43.0 Å². The minimum Gasteiger partial charge on any atom is -0.480 e. The zero-order chi connectivity index (χ0) is 14.4. The predicted octanol–water partition coefficient (Wildman–Crippen LogP) is 0.786. The minimum absolute atomic E-state index is 0.158. The number of anilines is 1. The van der Waals surface area contributed by atoms with Gasteiger partial charge >= 0.3 is 5.97 Å². The van der Waals surface area contributed by atoms with Gasteiger partial charge in [0.2, 0.25) is 5.91 Å². The molecule has 0 fully saturated rings. The number of carbonyl (C=O) groups is 2. The number of aliphatic carboxylic acids is 1. The molecule has 7 heteroatoms. The quantitative estimate of drug-likeness (QED) is 0.841. The van der Waals surface area contributed by atoms with Crippen LogP contribution >= 0.6 is 0 Å². The number of amides is 1. The van der Waals surface area contributed by atoms with Gasteiger partial charge in [-0.25, -0.2) is 4.98 Å². The Bertz CT molecular complexity index is 569. The van der Waals surface area contributed by atoms with E-state index in [1.807, 2.05) is 6.07 Å². The Morgan fingerprint density at radius 2 is 2.00 bits per heavy atom. The summed E-state index contributed by atoms with van der Waals surface area (Å²) in [5.74, 6) is -1.32. The van der Waals surface area contributed by atoms with Crippen molar-refractivity contribution in [1.29, 1.82) is 0 Å². The van der Waals surface area contributed by atoms with Crippen LogP contribution in [0.5, 0.6) is 0 Å². The molecule has 104 valence electrons. The van der Waals surface area contributed by atoms with Crippen LogP contribution < -0.4 is 4.90 Å². The van der Waals surface area contributed by atoms with E-state index in [4.69, 9.17) is 5.11 Å². The fourth-order valence-corrected chi connectivity index (χ4v) is 1.76. The van der Waals surface area contributed by atoms with Crippen LogP contribution in [0.25, 0.3) is 0 Å². The van der Waals surface area contributed by atoms with Crippen molar-refractivity contribution in [2.75, 3.05) is 11.4 Å². The number of benzene rings is 1. The van der Waals surface area contributed by atoms with Crippen molar-refractivity contribution in [3.8, 4) is 0 Å². The normalized spacial score (nSPS) is 10.2. The molecule has 7 nitrogen and oxygen atoms in total. The maximum absolute atomic E-state index is 12.2. The predicted molar refractivity (Wildman–Crippen MR) is 71.1 cm³/mol. The molecule has 1 aromatic carbocycles. The maximum atomic E-state index is 12.2. The highest BCUT2D eigenvalue weighted by atomic mass is 16.4. The minimum atomic E-state index is -1.05. The number of hydrogen-bond acceptors (Lipinski definition) is 4. The summed E-state index contributed by atoms with van der Waals surface area (Å²) in [4.78, 5) is 28.1. The van der Waals surface area contributed by atoms with Gasteiger partial charge in [-0.05, 0) is 12.1 Å². The molecule has 0 aliphatic rings. The lowest BCUT2D eigenvalue weighted by atomic mass is 10.2. The molecule has 1 aromatic heterocycles. The molecule has 1 amide bonds. The molecule has 0 spiro atoms. The number of hydrogen-bond donors (Lipinski definition) is 1. The van der Waals surface area contributed by atoms with Gasteiger partial charge in [0.05, 0.1) is 6.54 Å². The molecule has 2 rings (SSSR count). The Labute approximate surface area is 115 Å². The molecule has 0 aliphatic heterocycles. The van der Waals surface area contributed by atoms with Crippen molar-refractivity contribution in [2.45, 2.75) is 13.0 Å². The first-order chi connectivity index (χ1) is 9.66. The molecule has 1 heterocycles. The average molecular weight is 274 g/mol. The summed E-state index contributed by atoms with van der Waals surface area (Å²) in [6.07, 6.45) is 3.06. The molecule has 1 N–H and O–H groups in total. The molecule has 0 atom stereocenters. The van der Waals surface area contributed by atoms with Gasteiger partial charge < -0.3 is 10.0 Å². The summed E-state index contributed by atoms with van der Waals surface area (Å²) in [5, 5.41) is 12.8. The topological polar surface area (TPSA) is 88.3 Å². The van der Waals surface area contributed by atoms with E-state index in [0.29, 0.717) is 12.2 Å². The fourth-order valence-electron chi connectivity index (χ4n) is 1.76. The second-order valence-electron chi connectivity index (χ2n) is 4.12. The van der Waals surface area contributed by atoms with E-state index < -0.39 is 5.97 Å². The van der Waals surface area contributed by atoms with Crippen molar-refractivity contribution in [2.24, 2.45) is 0 Å². The summed E-state index contributed by atoms with van der Waals surface area (Å²) in [5.41, 5.74) is 0.568. The van der Waals surface area contributed by atoms with Crippen LogP contribution in [-0.2, 0) is 16.1 Å². The third-order valence-corrected chi connectivity index (χ3v) is 2.68. The van der Waals surface area contributed by atoms with Crippen LogP contribution in [0.3, 0.4) is 0 Å². The maximum Gasteiger partial charge on any atom is 0.323 e. The number of carboxylic acid groups (broad SMARTS) is 1. The van der Waals surface area contributed by atoms with Crippen LogP contribution in [0.1, 0.15) is 6.42 Å². The lowest BCUT2D eigenvalue weighted by Gasteiger charge is -2.20. The molecule has 0 unspecified atom stereocenters. The van der Waals surface area contributed by atoms with Gasteiger partial charge in [0, 0.05) is 12.1 Å². The number of nitrogens with zero attached hydrogens (tertiary/aromatic N) is 4. The van der Waals surface area contributed by atoms with Gasteiger partial charge in [0.1, 0.15) is 19.2 Å². The average Bonchev–Trinajstić information content (AvgIpc) is 2.96. The highest BCUT2D eigenvalue weighted by Crippen LogP contribution is 2.14. The second kappa shape index (κ2) is 6.46. The summed E-state index contributed by atoms with van der Waals surface area (Å²) < 4.78 is 1.53. The third-order valence-electron chi connectivity index (χ3n) is 2.68. The van der Waals surface area contributed by atoms with E-state index in [0.717, 1.165) is 0 Å². The Hall–Kier alpha value is -2.70. The highest BCUT2D eigenvalue weighted by Gasteiger charge is 2.18. The molecule has 0 aliphatic carbocycles. The first-order valence-electron chi connectivity index (χ1n) is 6.06. The standard InChI is InChI=1S/C13H14N4O3/c18-12(6-7-16-10-14-9-15-16)17(8-13(19)20)11-4-2-1-3-5-11/h1-5,9-10H,6-8H2,(H,19,20). The molecule has 2 aromatic rings. The van der Waals surface area contributed by atoms with E-state index in [9.17, 15) is 9.59 Å². The molecule has 20 heavy (non-hydrogen) atoms. The lowest BCUT2D eigenvalue weighted by molar-refractivity contribution is -0.136. The number of para-hydroxylation sites is 1. The van der Waals surface area contributed by atoms with Crippen molar-refractivity contribution < 1.29 is 14.7 Å². The van der Waals surface area contributed by atoms with Crippen molar-refractivity contribution >= 4 is 17.6 Å². The molecule has 0 radical (unpaired) electrons. The van der Waals surface area contributed by atoms with Gasteiger partial charge in [0.15, 0.2) is 0 Å². The Morgan fingerprint density at radius 3 is 2.60 bits per heavy atom. The highest BCUT2D eigenvalue weighted by molar-refractivity contribution is 5.97. The Balaban J connectivity index is 2.06. The summed E-state index contributed by atoms with van der Waals surface area (Å²) in [6.45, 7) is 0.00197. The molecular weight excluding hydrogens is 260 g/mol. The van der Waals surface area contributed by atoms with Gasteiger partial charge in [0.25, 0.3) is 0 Å². The van der Waals surface area contributed by atoms with Crippen molar-refractivity contribution in [3.05, 3.63) is 43.0 Å². The molecular formula is C13H14N4O3. The summed E-state index contributed by atoms with van der Waals surface area (Å²) >= 11 is 0. The number of carbonyl (C=O) groups excluding carboxylic acids is 1. The van der Waals surface area contributed by atoms with Crippen LogP contribution in [0.4, 0.5) is 5.69 Å². The smallest absolute Gasteiger partial charge is 0.323 e. The Morgan fingerprint density at radius 1 is 1.25 bits per heavy atom. The fraction of sp³-hybridized carbons (Fsp3) is 0.231. The summed E-state index contributed by atoms with van der Waals surface area (Å²) in [7, 11) is 0. The van der Waals surface area contributed by atoms with E-state index in [1.54, 1.807) is 24.3 Å². The second-order valence-corrected chi connectivity index (χ2v) is 4.12. The molecule has 0 saturated heterocycles. The first-order valence-corrected chi connectivity index (χ1v) is 6.06. The van der Waals surface area contributed by atoms with Gasteiger partial charge in [-0.3, -0.25) is 14.3 Å². The lowest BCUT2D eigenvalue weighted by Crippen LogP contribution is -2.36. The van der Waals surface area contributed by atoms with Gasteiger partial charge in [-0.1, -0.05) is 18.2 Å². The number of aryl methyl sites for hydroxylation is 1. The first kappa shape index (κ1) is 13.7. The largest absolute Gasteiger partial charge is 0.480 e.